The van der Waals surface area contributed by atoms with E-state index in [1.54, 1.807) is 0 Å². The molecule has 0 radical (unpaired) electrons. The fraction of sp³-hybridized carbons (Fsp3) is 0.833. The topological polar surface area (TPSA) is 77.2 Å². The second-order valence-electron chi connectivity index (χ2n) is 14.6. The lowest BCUT2D eigenvalue weighted by molar-refractivity contribution is -0.224. The summed E-state index contributed by atoms with van der Waals surface area (Å²) in [5.41, 5.74) is 5.91. The van der Waals surface area contributed by atoms with Crippen molar-refractivity contribution in [3.63, 3.8) is 0 Å². The van der Waals surface area contributed by atoms with Crippen LogP contribution in [0.1, 0.15) is 99.3 Å². The summed E-state index contributed by atoms with van der Waals surface area (Å²) >= 11 is 6.39. The molecular weight excluding hydrogens is 458 g/mol. The maximum Gasteiger partial charge on any atom is 0.228 e. The van der Waals surface area contributed by atoms with E-state index >= 15 is 0 Å². The zero-order valence-corrected chi connectivity index (χ0v) is 23.3. The third-order valence-corrected chi connectivity index (χ3v) is 13.2. The van der Waals surface area contributed by atoms with E-state index in [9.17, 15) is 14.4 Å². The Bertz CT molecular complexity index is 1020. The lowest BCUT2D eigenvalue weighted by atomic mass is 9.32. The second kappa shape index (κ2) is 7.68. The summed E-state index contributed by atoms with van der Waals surface area (Å²) in [5, 5.41) is -0.215. The standard InChI is InChI=1S/C30H44ClNO3/c1-17-19-7-8-28(5)22(27(19,4)14-18(16-32)24(17)34)13-21(33)23-20-15-26(2,3)9-11-30(20,25(31)35)12-10-29(23,28)6/h16-17,19-20,22-23H,7-15,32H2,1-6H3/t17-,19?,20?,22?,23?,27+,28-,29-,30+/m1/s1. The van der Waals surface area contributed by atoms with Crippen LogP contribution < -0.4 is 5.73 Å². The van der Waals surface area contributed by atoms with Gasteiger partial charge in [0.05, 0.1) is 0 Å². The molecule has 4 unspecified atom stereocenters. The molecule has 5 aliphatic carbocycles. The largest absolute Gasteiger partial charge is 0.404 e. The molecule has 0 aromatic heterocycles. The van der Waals surface area contributed by atoms with Gasteiger partial charge in [-0.3, -0.25) is 14.4 Å². The van der Waals surface area contributed by atoms with E-state index in [1.165, 1.54) is 6.20 Å². The van der Waals surface area contributed by atoms with Crippen molar-refractivity contribution in [2.24, 2.45) is 62.4 Å². The van der Waals surface area contributed by atoms with Crippen molar-refractivity contribution in [1.29, 1.82) is 0 Å². The number of fused-ring (bicyclic) bond motifs is 7. The number of hydrogen-bond acceptors (Lipinski definition) is 4. The van der Waals surface area contributed by atoms with Crippen molar-refractivity contribution in [3.8, 4) is 0 Å². The number of carbonyl (C=O) groups excluding carboxylic acids is 3. The number of ketones is 2. The first-order chi connectivity index (χ1) is 16.2. The Morgan fingerprint density at radius 3 is 2.26 bits per heavy atom. The molecule has 9 atom stereocenters. The highest BCUT2D eigenvalue weighted by molar-refractivity contribution is 6.64. The molecule has 0 aromatic rings. The fourth-order valence-corrected chi connectivity index (χ4v) is 11.0. The van der Waals surface area contributed by atoms with E-state index in [4.69, 9.17) is 17.3 Å². The Hall–Kier alpha value is -1.16. The van der Waals surface area contributed by atoms with Crippen LogP contribution in [0.5, 0.6) is 0 Å². The van der Waals surface area contributed by atoms with Crippen LogP contribution in [0.2, 0.25) is 0 Å². The Morgan fingerprint density at radius 1 is 0.971 bits per heavy atom. The van der Waals surface area contributed by atoms with Gasteiger partial charge in [0.1, 0.15) is 5.78 Å². The van der Waals surface area contributed by atoms with Crippen LogP contribution in [-0.2, 0) is 14.4 Å². The number of allylic oxidation sites excluding steroid dienone is 1. The third-order valence-electron chi connectivity index (χ3n) is 12.9. The van der Waals surface area contributed by atoms with Crippen LogP contribution in [0.4, 0.5) is 0 Å². The van der Waals surface area contributed by atoms with E-state index in [0.29, 0.717) is 18.6 Å². The number of halogens is 1. The summed E-state index contributed by atoms with van der Waals surface area (Å²) < 4.78 is 0. The normalized spacial score (nSPS) is 52.2. The van der Waals surface area contributed by atoms with Gasteiger partial charge < -0.3 is 5.73 Å². The lowest BCUT2D eigenvalue weighted by Crippen LogP contribution is -2.68. The van der Waals surface area contributed by atoms with Crippen LogP contribution in [0.25, 0.3) is 0 Å². The van der Waals surface area contributed by atoms with Crippen LogP contribution >= 0.6 is 11.6 Å². The summed E-state index contributed by atoms with van der Waals surface area (Å²) in [6.45, 7) is 13.8. The molecule has 4 nitrogen and oxygen atoms in total. The maximum absolute atomic E-state index is 14.3. The molecule has 194 valence electrons. The van der Waals surface area contributed by atoms with Gasteiger partial charge in [-0.2, -0.15) is 0 Å². The molecule has 0 bridgehead atoms. The van der Waals surface area contributed by atoms with E-state index in [-0.39, 0.29) is 62.3 Å². The Balaban J connectivity index is 1.61. The average Bonchev–Trinajstić information content (AvgIpc) is 2.77. The average molecular weight is 502 g/mol. The minimum atomic E-state index is -0.553. The molecular formula is C30H44ClNO3. The first kappa shape index (κ1) is 25.5. The molecule has 5 fully saturated rings. The molecule has 5 saturated carbocycles. The zero-order valence-electron chi connectivity index (χ0n) is 22.5. The summed E-state index contributed by atoms with van der Waals surface area (Å²) in [7, 11) is 0. The van der Waals surface area contributed by atoms with E-state index in [2.05, 4.69) is 41.5 Å². The molecule has 0 spiro atoms. The number of hydrogen-bond donors (Lipinski definition) is 1. The maximum atomic E-state index is 14.3. The molecule has 5 aliphatic rings. The van der Waals surface area contributed by atoms with Crippen molar-refractivity contribution in [3.05, 3.63) is 11.8 Å². The van der Waals surface area contributed by atoms with Crippen LogP contribution in [0.3, 0.4) is 0 Å². The van der Waals surface area contributed by atoms with Gasteiger partial charge in [0.2, 0.25) is 5.24 Å². The SMILES string of the molecule is C[C@H]1C(=O)C(=CN)C[C@@]2(C)C1CC[C@]1(C)C2CC(=O)C2C3CC(C)(C)CC[C@]3(C(=O)Cl)CC[C@]21C. The molecule has 0 aliphatic heterocycles. The quantitative estimate of drug-likeness (QED) is 0.331. The smallest absolute Gasteiger partial charge is 0.228 e. The first-order valence-corrected chi connectivity index (χ1v) is 14.2. The monoisotopic (exact) mass is 501 g/mol. The Labute approximate surface area is 216 Å². The highest BCUT2D eigenvalue weighted by atomic mass is 35.5. The van der Waals surface area contributed by atoms with Crippen molar-refractivity contribution in [2.45, 2.75) is 99.3 Å². The van der Waals surface area contributed by atoms with E-state index in [1.807, 2.05) is 0 Å². The lowest BCUT2D eigenvalue weighted by Gasteiger charge is -2.71. The van der Waals surface area contributed by atoms with Gasteiger partial charge in [0.15, 0.2) is 5.78 Å². The van der Waals surface area contributed by atoms with Gasteiger partial charge in [0, 0.05) is 35.4 Å². The highest BCUT2D eigenvalue weighted by Gasteiger charge is 2.72. The summed E-state index contributed by atoms with van der Waals surface area (Å²) in [6, 6.07) is 0. The van der Waals surface area contributed by atoms with Crippen LogP contribution in [0.15, 0.2) is 11.8 Å². The molecule has 5 heteroatoms. The summed E-state index contributed by atoms with van der Waals surface area (Å²) in [6.07, 6.45) is 9.14. The zero-order chi connectivity index (χ0) is 25.8. The van der Waals surface area contributed by atoms with Crippen molar-refractivity contribution in [2.75, 3.05) is 0 Å². The number of rotatable bonds is 1. The van der Waals surface area contributed by atoms with Gasteiger partial charge in [-0.05, 0) is 102 Å². The fourth-order valence-electron chi connectivity index (χ4n) is 10.6. The molecule has 0 heterocycles. The second-order valence-corrected chi connectivity index (χ2v) is 15.0. The predicted octanol–water partition coefficient (Wildman–Crippen LogP) is 6.44. The van der Waals surface area contributed by atoms with Gasteiger partial charge in [-0.25, -0.2) is 0 Å². The third kappa shape index (κ3) is 3.13. The van der Waals surface area contributed by atoms with Crippen molar-refractivity contribution >= 4 is 28.4 Å². The Morgan fingerprint density at radius 2 is 1.63 bits per heavy atom. The molecule has 0 saturated heterocycles. The number of nitrogens with two attached hydrogens (primary N) is 1. The predicted molar refractivity (Wildman–Crippen MR) is 138 cm³/mol. The summed E-state index contributed by atoms with van der Waals surface area (Å²) in [4.78, 5) is 40.3. The van der Waals surface area contributed by atoms with Crippen molar-refractivity contribution in [1.82, 2.24) is 0 Å². The number of carbonyl (C=O) groups is 3. The first-order valence-electron chi connectivity index (χ1n) is 13.8. The molecule has 0 amide bonds. The van der Waals surface area contributed by atoms with Crippen LogP contribution in [-0.4, -0.2) is 16.8 Å². The molecule has 2 N–H and O–H groups in total. The molecule has 5 rings (SSSR count). The van der Waals surface area contributed by atoms with Gasteiger partial charge in [-0.15, -0.1) is 0 Å². The van der Waals surface area contributed by atoms with Gasteiger partial charge >= 0.3 is 0 Å². The number of Topliss-reactive ketones (excluding diaryl/α,β-unsaturated/α-hetero) is 2. The molecule has 0 aromatic carbocycles. The van der Waals surface area contributed by atoms with Crippen LogP contribution in [0, 0.1) is 56.7 Å². The van der Waals surface area contributed by atoms with Gasteiger partial charge in [-0.1, -0.05) is 41.5 Å². The highest BCUT2D eigenvalue weighted by Crippen LogP contribution is 2.75. The van der Waals surface area contributed by atoms with Crippen molar-refractivity contribution < 1.29 is 14.4 Å². The minimum absolute atomic E-state index is 0.0251. The Kier molecular flexibility index (Phi) is 5.59. The van der Waals surface area contributed by atoms with Gasteiger partial charge in [0.25, 0.3) is 0 Å². The molecule has 35 heavy (non-hydrogen) atoms. The van der Waals surface area contributed by atoms with E-state index < -0.39 is 5.41 Å². The summed E-state index contributed by atoms with van der Waals surface area (Å²) in [5.74, 6) is 0.876. The van der Waals surface area contributed by atoms with E-state index in [0.717, 1.165) is 50.5 Å². The minimum Gasteiger partial charge on any atom is -0.404 e.